The number of hydrogen-bond donors (Lipinski definition) is 2. The van der Waals surface area contributed by atoms with Gasteiger partial charge in [-0.05, 0) is 38.4 Å². The van der Waals surface area contributed by atoms with E-state index >= 15 is 0 Å². The average Bonchev–Trinajstić information content (AvgIpc) is 2.49. The third kappa shape index (κ3) is 6.27. The van der Waals surface area contributed by atoms with E-state index in [2.05, 4.69) is 27.7 Å². The lowest BCUT2D eigenvalue weighted by Crippen LogP contribution is -2.45. The standard InChI is InChI=1S/C17H27N3O/c1-20(13-16-9-5-6-11-18-16)14-17(21)19-12-10-15-7-3-2-4-8-15/h2-4,7-8,16,18H,5-6,9-14H2,1H3,(H,19,21). The molecule has 0 radical (unpaired) electrons. The van der Waals surface area contributed by atoms with E-state index in [1.807, 2.05) is 25.2 Å². The summed E-state index contributed by atoms with van der Waals surface area (Å²) in [4.78, 5) is 14.0. The summed E-state index contributed by atoms with van der Waals surface area (Å²) in [6.45, 7) is 3.25. The molecule has 1 aliphatic rings. The molecular formula is C17H27N3O. The van der Waals surface area contributed by atoms with Crippen molar-refractivity contribution in [1.82, 2.24) is 15.5 Å². The van der Waals surface area contributed by atoms with Crippen LogP contribution in [0.1, 0.15) is 24.8 Å². The summed E-state index contributed by atoms with van der Waals surface area (Å²) in [5.74, 6) is 0.115. The maximum Gasteiger partial charge on any atom is 0.234 e. The van der Waals surface area contributed by atoms with Crippen LogP contribution in [0, 0.1) is 0 Å². The second-order valence-corrected chi connectivity index (χ2v) is 5.93. The molecule has 1 aromatic carbocycles. The zero-order valence-electron chi connectivity index (χ0n) is 13.0. The van der Waals surface area contributed by atoms with Crippen LogP contribution in [0.25, 0.3) is 0 Å². The summed E-state index contributed by atoms with van der Waals surface area (Å²) in [5, 5.41) is 6.51. The molecule has 0 saturated carbocycles. The zero-order valence-corrected chi connectivity index (χ0v) is 13.0. The molecule has 1 aromatic rings. The molecule has 1 atom stereocenters. The first-order valence-electron chi connectivity index (χ1n) is 7.96. The number of nitrogens with one attached hydrogen (secondary N) is 2. The van der Waals surface area contributed by atoms with Gasteiger partial charge in [0.15, 0.2) is 0 Å². The fraction of sp³-hybridized carbons (Fsp3) is 0.588. The summed E-state index contributed by atoms with van der Waals surface area (Å²) >= 11 is 0. The van der Waals surface area contributed by atoms with Crippen LogP contribution in [0.3, 0.4) is 0 Å². The smallest absolute Gasteiger partial charge is 0.234 e. The van der Waals surface area contributed by atoms with Crippen molar-refractivity contribution in [3.8, 4) is 0 Å². The van der Waals surface area contributed by atoms with Gasteiger partial charge in [0.05, 0.1) is 6.54 Å². The SMILES string of the molecule is CN(CC(=O)NCCc1ccccc1)CC1CCCCN1. The highest BCUT2D eigenvalue weighted by Gasteiger charge is 2.15. The molecule has 2 rings (SSSR count). The fourth-order valence-electron chi connectivity index (χ4n) is 2.81. The van der Waals surface area contributed by atoms with Gasteiger partial charge in [0.25, 0.3) is 0 Å². The molecule has 1 saturated heterocycles. The van der Waals surface area contributed by atoms with Gasteiger partial charge in [0, 0.05) is 19.1 Å². The van der Waals surface area contributed by atoms with Crippen molar-refractivity contribution in [2.45, 2.75) is 31.7 Å². The Morgan fingerprint density at radius 1 is 1.33 bits per heavy atom. The molecule has 116 valence electrons. The maximum atomic E-state index is 11.9. The number of carbonyl (C=O) groups is 1. The van der Waals surface area contributed by atoms with Gasteiger partial charge in [-0.2, -0.15) is 0 Å². The normalized spacial score (nSPS) is 18.7. The minimum Gasteiger partial charge on any atom is -0.355 e. The van der Waals surface area contributed by atoms with Gasteiger partial charge < -0.3 is 10.6 Å². The maximum absolute atomic E-state index is 11.9. The predicted molar refractivity (Wildman–Crippen MR) is 86.3 cm³/mol. The minimum absolute atomic E-state index is 0.115. The average molecular weight is 289 g/mol. The largest absolute Gasteiger partial charge is 0.355 e. The van der Waals surface area contributed by atoms with E-state index in [1.54, 1.807) is 0 Å². The predicted octanol–water partition coefficient (Wildman–Crippen LogP) is 1.42. The summed E-state index contributed by atoms with van der Waals surface area (Å²) < 4.78 is 0. The first-order chi connectivity index (χ1) is 10.2. The van der Waals surface area contributed by atoms with E-state index in [1.165, 1.54) is 24.8 Å². The Bertz CT molecular complexity index is 415. The Kier molecular flexibility index (Phi) is 6.70. The lowest BCUT2D eigenvalue weighted by molar-refractivity contribution is -0.122. The van der Waals surface area contributed by atoms with Crippen molar-refractivity contribution in [2.75, 3.05) is 33.2 Å². The summed E-state index contributed by atoms with van der Waals surface area (Å²) in [5.41, 5.74) is 1.26. The van der Waals surface area contributed by atoms with Crippen LogP contribution in [0.15, 0.2) is 30.3 Å². The number of likely N-dealkylation sites (N-methyl/N-ethyl adjacent to an activating group) is 1. The van der Waals surface area contributed by atoms with Crippen LogP contribution in [0.2, 0.25) is 0 Å². The van der Waals surface area contributed by atoms with E-state index in [0.29, 0.717) is 19.1 Å². The number of piperidine rings is 1. The second kappa shape index (κ2) is 8.80. The number of hydrogen-bond acceptors (Lipinski definition) is 3. The molecule has 1 heterocycles. The Morgan fingerprint density at radius 3 is 2.86 bits per heavy atom. The van der Waals surface area contributed by atoms with E-state index in [0.717, 1.165) is 19.5 Å². The third-order valence-electron chi connectivity index (χ3n) is 3.94. The summed E-state index contributed by atoms with van der Waals surface area (Å²) in [6.07, 6.45) is 4.69. The lowest BCUT2D eigenvalue weighted by atomic mass is 10.0. The van der Waals surface area contributed by atoms with Gasteiger partial charge in [-0.3, -0.25) is 9.69 Å². The monoisotopic (exact) mass is 289 g/mol. The van der Waals surface area contributed by atoms with Gasteiger partial charge >= 0.3 is 0 Å². The van der Waals surface area contributed by atoms with Gasteiger partial charge in [-0.25, -0.2) is 0 Å². The Morgan fingerprint density at radius 2 is 2.14 bits per heavy atom. The topological polar surface area (TPSA) is 44.4 Å². The third-order valence-corrected chi connectivity index (χ3v) is 3.94. The van der Waals surface area contributed by atoms with E-state index < -0.39 is 0 Å². The highest BCUT2D eigenvalue weighted by atomic mass is 16.2. The quantitative estimate of drug-likeness (QED) is 0.798. The van der Waals surface area contributed by atoms with E-state index in [-0.39, 0.29) is 5.91 Å². The highest BCUT2D eigenvalue weighted by Crippen LogP contribution is 2.07. The van der Waals surface area contributed by atoms with Crippen LogP contribution in [0.5, 0.6) is 0 Å². The minimum atomic E-state index is 0.115. The van der Waals surface area contributed by atoms with Crippen molar-refractivity contribution in [3.63, 3.8) is 0 Å². The molecule has 4 heteroatoms. The number of rotatable bonds is 7. The molecule has 0 aromatic heterocycles. The van der Waals surface area contributed by atoms with Gasteiger partial charge in [0.1, 0.15) is 0 Å². The number of carbonyl (C=O) groups excluding carboxylic acids is 1. The Balaban J connectivity index is 1.60. The van der Waals surface area contributed by atoms with Crippen LogP contribution in [-0.4, -0.2) is 50.1 Å². The molecule has 0 spiro atoms. The summed E-state index contributed by atoms with van der Waals surface area (Å²) in [7, 11) is 2.02. The van der Waals surface area contributed by atoms with Crippen LogP contribution in [0.4, 0.5) is 0 Å². The number of amides is 1. The molecule has 0 bridgehead atoms. The molecule has 2 N–H and O–H groups in total. The molecule has 4 nitrogen and oxygen atoms in total. The Hall–Kier alpha value is -1.39. The zero-order chi connectivity index (χ0) is 14.9. The molecule has 1 fully saturated rings. The van der Waals surface area contributed by atoms with Crippen LogP contribution < -0.4 is 10.6 Å². The van der Waals surface area contributed by atoms with Crippen LogP contribution in [-0.2, 0) is 11.2 Å². The van der Waals surface area contributed by atoms with Gasteiger partial charge in [-0.1, -0.05) is 36.8 Å². The first-order valence-corrected chi connectivity index (χ1v) is 7.96. The Labute approximate surface area is 127 Å². The van der Waals surface area contributed by atoms with Crippen LogP contribution >= 0.6 is 0 Å². The highest BCUT2D eigenvalue weighted by molar-refractivity contribution is 5.77. The first kappa shape index (κ1) is 16.0. The van der Waals surface area contributed by atoms with Gasteiger partial charge in [-0.15, -0.1) is 0 Å². The number of nitrogens with zero attached hydrogens (tertiary/aromatic N) is 1. The van der Waals surface area contributed by atoms with E-state index in [9.17, 15) is 4.79 Å². The van der Waals surface area contributed by atoms with Crippen molar-refractivity contribution >= 4 is 5.91 Å². The van der Waals surface area contributed by atoms with Crippen molar-refractivity contribution in [1.29, 1.82) is 0 Å². The molecule has 1 unspecified atom stereocenters. The second-order valence-electron chi connectivity index (χ2n) is 5.93. The van der Waals surface area contributed by atoms with Gasteiger partial charge in [0.2, 0.25) is 5.91 Å². The molecule has 21 heavy (non-hydrogen) atoms. The van der Waals surface area contributed by atoms with E-state index in [4.69, 9.17) is 0 Å². The molecule has 1 aliphatic heterocycles. The van der Waals surface area contributed by atoms with Crippen molar-refractivity contribution in [3.05, 3.63) is 35.9 Å². The van der Waals surface area contributed by atoms with Crippen molar-refractivity contribution < 1.29 is 4.79 Å². The molecular weight excluding hydrogens is 262 g/mol. The number of benzene rings is 1. The molecule has 0 aliphatic carbocycles. The van der Waals surface area contributed by atoms with Crippen molar-refractivity contribution in [2.24, 2.45) is 0 Å². The molecule has 1 amide bonds. The lowest BCUT2D eigenvalue weighted by Gasteiger charge is -2.27. The summed E-state index contributed by atoms with van der Waals surface area (Å²) in [6, 6.07) is 10.8. The fourth-order valence-corrected chi connectivity index (χ4v) is 2.81.